The number of nitrogens with one attached hydrogen (secondary N) is 1. The summed E-state index contributed by atoms with van der Waals surface area (Å²) in [7, 11) is 2.75. The van der Waals surface area contributed by atoms with Gasteiger partial charge >= 0.3 is 5.97 Å². The number of quaternary nitrogens is 1. The number of ether oxygens (including phenoxy) is 1. The van der Waals surface area contributed by atoms with Crippen LogP contribution in [0, 0.1) is 10.1 Å². The average molecular weight is 221 g/mol. The molecule has 88 valence electrons. The number of hydrogen-bond acceptors (Lipinski definition) is 5. The first-order chi connectivity index (χ1) is 6.67. The van der Waals surface area contributed by atoms with Gasteiger partial charge in [-0.2, -0.15) is 11.2 Å². The van der Waals surface area contributed by atoms with E-state index in [1.165, 1.54) is 21.0 Å². The van der Waals surface area contributed by atoms with Gasteiger partial charge in [-0.25, -0.2) is 4.74 Å². The van der Waals surface area contributed by atoms with E-state index in [4.69, 9.17) is 10.5 Å². The highest BCUT2D eigenvalue weighted by Gasteiger charge is 2.57. The molecule has 1 atom stereocenters. The second-order valence-corrected chi connectivity index (χ2v) is 3.47. The standard InChI is InChI=1S/C7H16N4O4/c1-5-15-7(8,10(13)14)11(3,4)9-6(2)12/h5,8H2,1-4H3/p+1. The molecule has 0 aromatic rings. The van der Waals surface area contributed by atoms with Crippen LogP contribution in [0.5, 0.6) is 0 Å². The predicted octanol–water partition coefficient (Wildman–Crippen LogP) is -1.00. The molecule has 15 heavy (non-hydrogen) atoms. The van der Waals surface area contributed by atoms with E-state index in [9.17, 15) is 14.9 Å². The van der Waals surface area contributed by atoms with Gasteiger partial charge in [0.1, 0.15) is 19.0 Å². The van der Waals surface area contributed by atoms with E-state index in [1.807, 2.05) is 0 Å². The highest BCUT2D eigenvalue weighted by Crippen LogP contribution is 2.14. The summed E-state index contributed by atoms with van der Waals surface area (Å²) >= 11 is 0. The second-order valence-electron chi connectivity index (χ2n) is 3.47. The van der Waals surface area contributed by atoms with Crippen molar-refractivity contribution in [3.05, 3.63) is 10.1 Å². The molecule has 0 rings (SSSR count). The molecule has 0 spiro atoms. The number of hydrogen-bond donors (Lipinski definition) is 2. The van der Waals surface area contributed by atoms with Gasteiger partial charge in [-0.3, -0.25) is 14.9 Å². The van der Waals surface area contributed by atoms with Crippen molar-refractivity contribution in [1.29, 1.82) is 0 Å². The first-order valence-corrected chi connectivity index (χ1v) is 4.37. The van der Waals surface area contributed by atoms with Crippen molar-refractivity contribution in [1.82, 2.24) is 5.43 Å². The SMILES string of the molecule is CCOC(N)([N+](=O)[O-])[N+](C)(C)NC(C)=O. The number of amides is 1. The van der Waals surface area contributed by atoms with Gasteiger partial charge in [-0.1, -0.05) is 0 Å². The van der Waals surface area contributed by atoms with Crippen molar-refractivity contribution in [3.63, 3.8) is 0 Å². The summed E-state index contributed by atoms with van der Waals surface area (Å²) in [6.07, 6.45) is 0. The molecule has 1 unspecified atom stereocenters. The number of carbonyl (C=O) groups is 1. The fraction of sp³-hybridized carbons (Fsp3) is 0.857. The van der Waals surface area contributed by atoms with Crippen molar-refractivity contribution in [3.8, 4) is 0 Å². The zero-order valence-corrected chi connectivity index (χ0v) is 9.31. The third-order valence-corrected chi connectivity index (χ3v) is 1.86. The monoisotopic (exact) mass is 221 g/mol. The van der Waals surface area contributed by atoms with Gasteiger partial charge < -0.3 is 0 Å². The molecule has 0 aliphatic rings. The van der Waals surface area contributed by atoms with E-state index in [0.29, 0.717) is 0 Å². The Morgan fingerprint density at radius 2 is 2.13 bits per heavy atom. The summed E-state index contributed by atoms with van der Waals surface area (Å²) in [6.45, 7) is 2.89. The van der Waals surface area contributed by atoms with Crippen LogP contribution >= 0.6 is 0 Å². The zero-order valence-electron chi connectivity index (χ0n) is 9.31. The topological polar surface area (TPSA) is 107 Å². The van der Waals surface area contributed by atoms with Crippen LogP contribution in [0.15, 0.2) is 0 Å². The van der Waals surface area contributed by atoms with E-state index in [-0.39, 0.29) is 6.61 Å². The van der Waals surface area contributed by atoms with Crippen molar-refractivity contribution in [2.75, 3.05) is 20.7 Å². The van der Waals surface area contributed by atoms with E-state index < -0.39 is 21.4 Å². The smallest absolute Gasteiger partial charge is 0.270 e. The molecular formula is C7H17N4O4+. The normalized spacial score (nSPS) is 15.5. The Morgan fingerprint density at radius 1 is 1.67 bits per heavy atom. The van der Waals surface area contributed by atoms with Gasteiger partial charge in [0, 0.05) is 6.92 Å². The van der Waals surface area contributed by atoms with Gasteiger partial charge in [0.15, 0.2) is 0 Å². The maximum atomic E-state index is 10.9. The second kappa shape index (κ2) is 4.51. The fourth-order valence-electron chi connectivity index (χ4n) is 1.10. The molecular weight excluding hydrogens is 204 g/mol. The molecule has 0 aliphatic heterocycles. The van der Waals surface area contributed by atoms with Crippen molar-refractivity contribution in [2.24, 2.45) is 5.73 Å². The maximum absolute atomic E-state index is 10.9. The molecule has 0 aromatic carbocycles. The quantitative estimate of drug-likeness (QED) is 0.268. The molecule has 0 heterocycles. The lowest BCUT2D eigenvalue weighted by molar-refractivity contribution is -1.09. The molecule has 1 amide bonds. The average Bonchev–Trinajstić information content (AvgIpc) is 2.01. The summed E-state index contributed by atoms with van der Waals surface area (Å²) in [5.41, 5.74) is 7.85. The van der Waals surface area contributed by atoms with Gasteiger partial charge in [-0.15, -0.1) is 4.59 Å². The van der Waals surface area contributed by atoms with Crippen molar-refractivity contribution >= 4 is 5.91 Å². The minimum atomic E-state index is -2.19. The number of nitro groups is 1. The van der Waals surface area contributed by atoms with Crippen molar-refractivity contribution < 1.29 is 19.0 Å². The van der Waals surface area contributed by atoms with Crippen LogP contribution in [0.3, 0.4) is 0 Å². The van der Waals surface area contributed by atoms with Gasteiger partial charge in [0.2, 0.25) is 0 Å². The molecule has 0 fully saturated rings. The van der Waals surface area contributed by atoms with Crippen LogP contribution in [-0.2, 0) is 9.53 Å². The van der Waals surface area contributed by atoms with Crippen LogP contribution in [0.1, 0.15) is 13.8 Å². The Morgan fingerprint density at radius 3 is 2.40 bits per heavy atom. The molecule has 8 heteroatoms. The molecule has 0 saturated heterocycles. The van der Waals surface area contributed by atoms with Gasteiger partial charge in [-0.05, 0) is 6.92 Å². The van der Waals surface area contributed by atoms with Crippen LogP contribution in [0.2, 0.25) is 0 Å². The first kappa shape index (κ1) is 13.8. The number of nitrogens with two attached hydrogens (primary N) is 1. The Labute approximate surface area is 87.7 Å². The number of rotatable bonds is 5. The minimum absolute atomic E-state index is 0.0682. The molecule has 0 aromatic heterocycles. The van der Waals surface area contributed by atoms with E-state index in [0.717, 1.165) is 0 Å². The number of nitrogens with zero attached hydrogens (tertiary/aromatic N) is 2. The number of carbonyl (C=O) groups excluding carboxylic acids is 1. The third-order valence-electron chi connectivity index (χ3n) is 1.86. The molecule has 3 N–H and O–H groups in total. The largest absolute Gasteiger partial charge is 0.551 e. The highest BCUT2D eigenvalue weighted by atomic mass is 16.7. The lowest BCUT2D eigenvalue weighted by Crippen LogP contribution is -2.76. The molecule has 0 radical (unpaired) electrons. The Hall–Kier alpha value is -1.25. The van der Waals surface area contributed by atoms with E-state index in [1.54, 1.807) is 6.92 Å². The zero-order chi connectivity index (χ0) is 12.3. The lowest BCUT2D eigenvalue weighted by Gasteiger charge is -2.35. The molecule has 0 aliphatic carbocycles. The fourth-order valence-corrected chi connectivity index (χ4v) is 1.10. The first-order valence-electron chi connectivity index (χ1n) is 4.37. The van der Waals surface area contributed by atoms with E-state index in [2.05, 4.69) is 5.43 Å². The summed E-state index contributed by atoms with van der Waals surface area (Å²) in [5.74, 6) is -2.63. The van der Waals surface area contributed by atoms with Crippen LogP contribution in [0.4, 0.5) is 0 Å². The lowest BCUT2D eigenvalue weighted by atomic mass is 10.5. The third kappa shape index (κ3) is 2.85. The van der Waals surface area contributed by atoms with Crippen LogP contribution in [-0.4, -0.2) is 42.1 Å². The van der Waals surface area contributed by atoms with Crippen LogP contribution < -0.4 is 11.2 Å². The van der Waals surface area contributed by atoms with E-state index >= 15 is 0 Å². The minimum Gasteiger partial charge on any atom is -0.270 e. The maximum Gasteiger partial charge on any atom is 0.551 e. The van der Waals surface area contributed by atoms with Crippen molar-refractivity contribution in [2.45, 2.75) is 19.8 Å². The Kier molecular flexibility index (Phi) is 4.14. The summed E-state index contributed by atoms with van der Waals surface area (Å²) in [5, 5.41) is 10.8. The molecule has 0 saturated carbocycles. The summed E-state index contributed by atoms with van der Waals surface area (Å²) < 4.78 is 4.30. The summed E-state index contributed by atoms with van der Waals surface area (Å²) in [4.78, 5) is 20.9. The highest BCUT2D eigenvalue weighted by molar-refractivity contribution is 5.71. The molecule has 8 nitrogen and oxygen atoms in total. The predicted molar refractivity (Wildman–Crippen MR) is 51.5 cm³/mol. The Bertz CT molecular complexity index is 268. The van der Waals surface area contributed by atoms with Gasteiger partial charge in [0.25, 0.3) is 5.91 Å². The molecule has 0 bridgehead atoms. The summed E-state index contributed by atoms with van der Waals surface area (Å²) in [6, 6.07) is 0. The van der Waals surface area contributed by atoms with Crippen LogP contribution in [0.25, 0.3) is 0 Å². The van der Waals surface area contributed by atoms with Gasteiger partial charge in [0.05, 0.1) is 6.61 Å². The Balaban J connectivity index is 5.05.